The molecule has 1 aromatic heterocycles. The number of anilines is 1. The van der Waals surface area contributed by atoms with Crippen molar-refractivity contribution in [3.05, 3.63) is 76.1 Å². The van der Waals surface area contributed by atoms with Crippen molar-refractivity contribution in [3.8, 4) is 5.69 Å². The number of nitrogens with zero attached hydrogens (tertiary/aromatic N) is 3. The Balaban J connectivity index is 1.57. The molecule has 0 aliphatic carbocycles. The van der Waals surface area contributed by atoms with Crippen molar-refractivity contribution in [3.63, 3.8) is 0 Å². The van der Waals surface area contributed by atoms with E-state index < -0.39 is 23.3 Å². The summed E-state index contributed by atoms with van der Waals surface area (Å²) in [5, 5.41) is 6.70. The van der Waals surface area contributed by atoms with E-state index in [1.807, 2.05) is 30.8 Å². The number of nitrogens with one attached hydrogen (secondary N) is 1. The Kier molecular flexibility index (Phi) is 7.02. The quantitative estimate of drug-likeness (QED) is 0.497. The van der Waals surface area contributed by atoms with E-state index in [0.717, 1.165) is 48.5 Å². The number of rotatable bonds is 5. The molecule has 33 heavy (non-hydrogen) atoms. The molecule has 3 aromatic rings. The van der Waals surface area contributed by atoms with Crippen LogP contribution < -0.4 is 5.32 Å². The predicted octanol–water partition coefficient (Wildman–Crippen LogP) is 5.65. The van der Waals surface area contributed by atoms with Gasteiger partial charge in [0.1, 0.15) is 0 Å². The summed E-state index contributed by atoms with van der Waals surface area (Å²) in [5.41, 5.74) is 0.744. The largest absolute Gasteiger partial charge is 0.434 e. The molecule has 0 spiro atoms. The van der Waals surface area contributed by atoms with Crippen molar-refractivity contribution < 1.29 is 18.0 Å². The van der Waals surface area contributed by atoms with Crippen molar-refractivity contribution in [2.75, 3.05) is 29.9 Å². The first-order chi connectivity index (χ1) is 15.7. The van der Waals surface area contributed by atoms with Crippen molar-refractivity contribution in [1.29, 1.82) is 0 Å². The fourth-order valence-corrected chi connectivity index (χ4v) is 4.93. The number of thioether (sulfide) groups is 1. The van der Waals surface area contributed by atoms with Crippen LogP contribution in [0.15, 0.2) is 48.7 Å². The zero-order valence-electron chi connectivity index (χ0n) is 17.8. The first-order valence-electron chi connectivity index (χ1n) is 10.3. The number of alkyl halides is 3. The summed E-state index contributed by atoms with van der Waals surface area (Å²) in [6.07, 6.45) is -3.87. The third-order valence-corrected chi connectivity index (χ3v) is 6.56. The van der Waals surface area contributed by atoms with E-state index in [1.54, 1.807) is 12.1 Å². The number of carbonyl (C=O) groups excluding carboxylic acids is 1. The highest BCUT2D eigenvalue weighted by atomic mass is 35.5. The van der Waals surface area contributed by atoms with E-state index in [-0.39, 0.29) is 10.7 Å². The number of carbonyl (C=O) groups is 1. The minimum absolute atomic E-state index is 0.116. The van der Waals surface area contributed by atoms with Gasteiger partial charge < -0.3 is 5.32 Å². The Morgan fingerprint density at radius 2 is 1.94 bits per heavy atom. The minimum Gasteiger partial charge on any atom is -0.322 e. The van der Waals surface area contributed by atoms with Crippen LogP contribution in [-0.2, 0) is 12.7 Å². The molecular weight excluding hydrogens is 473 g/mol. The number of aromatic nitrogens is 2. The average Bonchev–Trinajstić information content (AvgIpc) is 3.23. The van der Waals surface area contributed by atoms with Gasteiger partial charge in [0.2, 0.25) is 0 Å². The fraction of sp³-hybridized carbons (Fsp3) is 0.304. The summed E-state index contributed by atoms with van der Waals surface area (Å²) in [6, 6.07) is 11.5. The second kappa shape index (κ2) is 9.79. The van der Waals surface area contributed by atoms with Crippen LogP contribution in [-0.4, -0.2) is 45.2 Å². The van der Waals surface area contributed by atoms with Gasteiger partial charge in [-0.3, -0.25) is 9.69 Å². The van der Waals surface area contributed by atoms with E-state index in [9.17, 15) is 18.0 Å². The molecule has 0 radical (unpaired) electrons. The van der Waals surface area contributed by atoms with E-state index in [4.69, 9.17) is 11.6 Å². The van der Waals surface area contributed by atoms with Crippen LogP contribution >= 0.6 is 23.4 Å². The summed E-state index contributed by atoms with van der Waals surface area (Å²) >= 11 is 7.86. The van der Waals surface area contributed by atoms with Crippen LogP contribution in [0, 0.1) is 6.92 Å². The minimum atomic E-state index is -4.79. The molecule has 0 unspecified atom stereocenters. The lowest BCUT2D eigenvalue weighted by Gasteiger charge is -2.26. The molecule has 1 fully saturated rings. The average molecular weight is 495 g/mol. The fourth-order valence-electron chi connectivity index (χ4n) is 3.76. The zero-order chi connectivity index (χ0) is 23.6. The monoisotopic (exact) mass is 494 g/mol. The maximum atomic E-state index is 13.9. The number of hydrogen-bond donors (Lipinski definition) is 1. The molecule has 1 aliphatic heterocycles. The Hall–Kier alpha value is -2.49. The van der Waals surface area contributed by atoms with Gasteiger partial charge in [0.25, 0.3) is 5.91 Å². The van der Waals surface area contributed by atoms with Crippen molar-refractivity contribution in [1.82, 2.24) is 14.7 Å². The van der Waals surface area contributed by atoms with Gasteiger partial charge in [-0.15, -0.1) is 0 Å². The highest BCUT2D eigenvalue weighted by Crippen LogP contribution is 2.34. The molecule has 1 N–H and O–H groups in total. The standard InChI is InChI=1S/C23H22ClF3N4OS/c1-15-11-16(14-30-7-9-33-10-8-30)5-6-20(15)29-22(32)19-13-28-31(21(19)23(25,26)27)18-4-2-3-17(24)12-18/h2-6,11-13H,7-10,14H2,1H3,(H,29,32). The molecule has 2 heterocycles. The first kappa shape index (κ1) is 23.7. The lowest BCUT2D eigenvalue weighted by Crippen LogP contribution is -2.31. The Morgan fingerprint density at radius 1 is 1.18 bits per heavy atom. The lowest BCUT2D eigenvalue weighted by molar-refractivity contribution is -0.143. The summed E-state index contributed by atoms with van der Waals surface area (Å²) in [4.78, 5) is 15.2. The molecule has 174 valence electrons. The topological polar surface area (TPSA) is 50.2 Å². The maximum absolute atomic E-state index is 13.9. The predicted molar refractivity (Wildman–Crippen MR) is 125 cm³/mol. The SMILES string of the molecule is Cc1cc(CN2CCSCC2)ccc1NC(=O)c1cnn(-c2cccc(Cl)c2)c1C(F)(F)F. The molecule has 1 saturated heterocycles. The highest BCUT2D eigenvalue weighted by molar-refractivity contribution is 7.99. The van der Waals surface area contributed by atoms with Crippen LogP contribution in [0.4, 0.5) is 18.9 Å². The van der Waals surface area contributed by atoms with Gasteiger partial charge in [0.05, 0.1) is 17.4 Å². The third-order valence-electron chi connectivity index (χ3n) is 5.38. The zero-order valence-corrected chi connectivity index (χ0v) is 19.4. The summed E-state index contributed by atoms with van der Waals surface area (Å²) in [7, 11) is 0. The second-order valence-electron chi connectivity index (χ2n) is 7.79. The molecule has 0 atom stereocenters. The van der Waals surface area contributed by atoms with Crippen LogP contribution in [0.25, 0.3) is 5.69 Å². The van der Waals surface area contributed by atoms with Crippen LogP contribution in [0.1, 0.15) is 27.2 Å². The Morgan fingerprint density at radius 3 is 2.61 bits per heavy atom. The summed E-state index contributed by atoms with van der Waals surface area (Å²) in [5.74, 6) is 1.34. The normalized spacial score (nSPS) is 14.9. The van der Waals surface area contributed by atoms with Gasteiger partial charge in [-0.2, -0.15) is 30.0 Å². The third kappa shape index (κ3) is 5.54. The highest BCUT2D eigenvalue weighted by Gasteiger charge is 2.40. The van der Waals surface area contributed by atoms with Gasteiger partial charge in [-0.25, -0.2) is 4.68 Å². The van der Waals surface area contributed by atoms with Crippen LogP contribution in [0.5, 0.6) is 0 Å². The van der Waals surface area contributed by atoms with E-state index >= 15 is 0 Å². The molecule has 5 nitrogen and oxygen atoms in total. The van der Waals surface area contributed by atoms with E-state index in [0.29, 0.717) is 10.4 Å². The Bertz CT molecular complexity index is 1160. The molecule has 1 amide bonds. The number of aryl methyl sites for hydroxylation is 1. The molecule has 0 bridgehead atoms. The molecule has 0 saturated carbocycles. The van der Waals surface area contributed by atoms with Crippen molar-refractivity contribution in [2.24, 2.45) is 0 Å². The summed E-state index contributed by atoms with van der Waals surface area (Å²) in [6.45, 7) is 4.68. The maximum Gasteiger partial charge on any atom is 0.434 e. The molecular formula is C23H22ClF3N4OS. The number of amides is 1. The lowest BCUT2D eigenvalue weighted by atomic mass is 10.1. The van der Waals surface area contributed by atoms with Gasteiger partial charge in [0, 0.05) is 41.8 Å². The van der Waals surface area contributed by atoms with Crippen molar-refractivity contribution in [2.45, 2.75) is 19.6 Å². The molecule has 1 aliphatic rings. The van der Waals surface area contributed by atoms with Crippen LogP contribution in [0.3, 0.4) is 0 Å². The van der Waals surface area contributed by atoms with E-state index in [1.165, 1.54) is 18.2 Å². The summed E-state index contributed by atoms with van der Waals surface area (Å²) < 4.78 is 42.4. The van der Waals surface area contributed by atoms with Gasteiger partial charge in [-0.05, 0) is 42.3 Å². The molecule has 2 aromatic carbocycles. The van der Waals surface area contributed by atoms with Gasteiger partial charge in [0.15, 0.2) is 5.69 Å². The molecule has 10 heteroatoms. The number of halogens is 4. The number of hydrogen-bond acceptors (Lipinski definition) is 4. The first-order valence-corrected chi connectivity index (χ1v) is 11.9. The van der Waals surface area contributed by atoms with E-state index in [2.05, 4.69) is 15.3 Å². The van der Waals surface area contributed by atoms with Gasteiger partial charge in [-0.1, -0.05) is 29.8 Å². The van der Waals surface area contributed by atoms with Gasteiger partial charge >= 0.3 is 6.18 Å². The van der Waals surface area contributed by atoms with Crippen LogP contribution in [0.2, 0.25) is 5.02 Å². The Labute approximate surface area is 198 Å². The smallest absolute Gasteiger partial charge is 0.322 e. The second-order valence-corrected chi connectivity index (χ2v) is 9.45. The number of benzene rings is 2. The van der Waals surface area contributed by atoms with Crippen molar-refractivity contribution >= 4 is 35.0 Å². The molecule has 4 rings (SSSR count).